The van der Waals surface area contributed by atoms with Gasteiger partial charge in [0.25, 0.3) is 0 Å². The van der Waals surface area contributed by atoms with Crippen molar-refractivity contribution in [2.75, 3.05) is 34.3 Å². The van der Waals surface area contributed by atoms with Gasteiger partial charge in [-0.1, -0.05) is 76.9 Å². The summed E-state index contributed by atoms with van der Waals surface area (Å²) in [5.74, 6) is -0.0785. The van der Waals surface area contributed by atoms with Gasteiger partial charge in [-0.15, -0.1) is 0 Å². The second-order valence-corrected chi connectivity index (χ2v) is 8.61. The van der Waals surface area contributed by atoms with E-state index >= 15 is 0 Å². The molecule has 0 unspecified atom stereocenters. The minimum absolute atomic E-state index is 0.0785. The molecule has 0 aliphatic heterocycles. The van der Waals surface area contributed by atoms with Crippen molar-refractivity contribution >= 4 is 5.97 Å². The number of carbonyl (C=O) groups excluding carboxylic acids is 1. The molecule has 0 fully saturated rings. The van der Waals surface area contributed by atoms with Crippen LogP contribution in [-0.2, 0) is 9.53 Å². The zero-order valence-electron chi connectivity index (χ0n) is 18.2. The van der Waals surface area contributed by atoms with Crippen molar-refractivity contribution < 1.29 is 14.0 Å². The fraction of sp³-hybridized carbons (Fsp3) is 0.870. The predicted octanol–water partition coefficient (Wildman–Crippen LogP) is 6.27. The molecule has 154 valence electrons. The quantitative estimate of drug-likeness (QED) is 0.123. The summed E-state index contributed by atoms with van der Waals surface area (Å²) < 4.78 is 5.90. The van der Waals surface area contributed by atoms with E-state index in [9.17, 15) is 4.79 Å². The number of esters is 1. The second kappa shape index (κ2) is 17.6. The second-order valence-electron chi connectivity index (χ2n) is 8.61. The van der Waals surface area contributed by atoms with Crippen LogP contribution in [0.1, 0.15) is 96.8 Å². The summed E-state index contributed by atoms with van der Waals surface area (Å²) in [5.41, 5.74) is 0. The van der Waals surface area contributed by atoms with Gasteiger partial charge in [0.15, 0.2) is 6.54 Å². The van der Waals surface area contributed by atoms with Crippen molar-refractivity contribution in [1.29, 1.82) is 0 Å². The number of carbonyl (C=O) groups is 1. The van der Waals surface area contributed by atoms with Gasteiger partial charge in [-0.2, -0.15) is 0 Å². The minimum atomic E-state index is -0.0785. The molecular formula is C23H46NO2+. The van der Waals surface area contributed by atoms with Crippen LogP contribution in [0.5, 0.6) is 0 Å². The van der Waals surface area contributed by atoms with Gasteiger partial charge < -0.3 is 9.22 Å². The summed E-state index contributed by atoms with van der Waals surface area (Å²) in [6.07, 6.45) is 22.9. The van der Waals surface area contributed by atoms with E-state index in [4.69, 9.17) is 4.74 Å². The van der Waals surface area contributed by atoms with Gasteiger partial charge in [-0.05, 0) is 32.1 Å². The average molecular weight is 369 g/mol. The van der Waals surface area contributed by atoms with Crippen LogP contribution in [0, 0.1) is 0 Å². The van der Waals surface area contributed by atoms with E-state index in [0.29, 0.717) is 17.6 Å². The van der Waals surface area contributed by atoms with Crippen molar-refractivity contribution in [2.45, 2.75) is 96.8 Å². The lowest BCUT2D eigenvalue weighted by Crippen LogP contribution is -2.40. The highest BCUT2D eigenvalue weighted by atomic mass is 16.5. The number of hydrogen-bond donors (Lipinski definition) is 0. The Balaban J connectivity index is 3.22. The van der Waals surface area contributed by atoms with Gasteiger partial charge in [0.1, 0.15) is 0 Å². The van der Waals surface area contributed by atoms with Crippen LogP contribution >= 0.6 is 0 Å². The fourth-order valence-electron chi connectivity index (χ4n) is 2.97. The van der Waals surface area contributed by atoms with Crippen LogP contribution in [0.2, 0.25) is 0 Å². The molecule has 0 aromatic heterocycles. The standard InChI is InChI=1S/C23H46NO2/c1-5-6-7-8-9-10-11-12-13-14-15-16-17-18-19-20-21-26-23(25)22-24(2,3)4/h12-13H,5-11,14-22H2,1-4H3/q+1/b13-12-. The first-order valence-electron chi connectivity index (χ1n) is 11.1. The van der Waals surface area contributed by atoms with E-state index in [1.54, 1.807) is 0 Å². The Morgan fingerprint density at radius 2 is 1.19 bits per heavy atom. The maximum atomic E-state index is 11.6. The molecule has 0 aliphatic rings. The summed E-state index contributed by atoms with van der Waals surface area (Å²) in [4.78, 5) is 11.6. The molecule has 0 aromatic rings. The minimum Gasteiger partial charge on any atom is -0.462 e. The molecule has 0 aromatic carbocycles. The molecule has 0 N–H and O–H groups in total. The Kier molecular flexibility index (Phi) is 17.0. The first-order chi connectivity index (χ1) is 12.5. The predicted molar refractivity (Wildman–Crippen MR) is 113 cm³/mol. The van der Waals surface area contributed by atoms with Crippen LogP contribution in [-0.4, -0.2) is 44.7 Å². The van der Waals surface area contributed by atoms with Gasteiger partial charge in [-0.3, -0.25) is 0 Å². The summed E-state index contributed by atoms with van der Waals surface area (Å²) >= 11 is 0. The molecule has 0 spiro atoms. The maximum Gasteiger partial charge on any atom is 0.361 e. The van der Waals surface area contributed by atoms with Crippen LogP contribution in [0.25, 0.3) is 0 Å². The van der Waals surface area contributed by atoms with Gasteiger partial charge >= 0.3 is 5.97 Å². The summed E-state index contributed by atoms with van der Waals surface area (Å²) in [6.45, 7) is 3.31. The van der Waals surface area contributed by atoms with Crippen LogP contribution in [0.4, 0.5) is 0 Å². The van der Waals surface area contributed by atoms with E-state index in [2.05, 4.69) is 19.1 Å². The number of likely N-dealkylation sites (N-methyl/N-ethyl adjacent to an activating group) is 1. The van der Waals surface area contributed by atoms with Gasteiger partial charge in [-0.25, -0.2) is 4.79 Å². The molecule has 0 rings (SSSR count). The fourth-order valence-corrected chi connectivity index (χ4v) is 2.97. The van der Waals surface area contributed by atoms with Crippen LogP contribution in [0.15, 0.2) is 12.2 Å². The van der Waals surface area contributed by atoms with Crippen molar-refractivity contribution in [3.8, 4) is 0 Å². The number of ether oxygens (including phenoxy) is 1. The van der Waals surface area contributed by atoms with Crippen LogP contribution in [0.3, 0.4) is 0 Å². The van der Waals surface area contributed by atoms with Gasteiger partial charge in [0, 0.05) is 0 Å². The smallest absolute Gasteiger partial charge is 0.361 e. The Hall–Kier alpha value is -0.830. The normalized spacial score (nSPS) is 12.0. The Morgan fingerprint density at radius 3 is 1.69 bits per heavy atom. The highest BCUT2D eigenvalue weighted by Crippen LogP contribution is 2.10. The zero-order valence-corrected chi connectivity index (χ0v) is 18.2. The lowest BCUT2D eigenvalue weighted by molar-refractivity contribution is -0.862. The van der Waals surface area contributed by atoms with E-state index in [-0.39, 0.29) is 5.97 Å². The Bertz CT molecular complexity index is 345. The molecule has 0 atom stereocenters. The molecular weight excluding hydrogens is 322 g/mol. The van der Waals surface area contributed by atoms with Crippen molar-refractivity contribution in [1.82, 2.24) is 0 Å². The van der Waals surface area contributed by atoms with E-state index < -0.39 is 0 Å². The first kappa shape index (κ1) is 25.2. The third-order valence-electron chi connectivity index (χ3n) is 4.52. The lowest BCUT2D eigenvalue weighted by atomic mass is 10.1. The number of quaternary nitrogens is 1. The van der Waals surface area contributed by atoms with Crippen molar-refractivity contribution in [3.05, 3.63) is 12.2 Å². The molecule has 0 heterocycles. The number of unbranched alkanes of at least 4 members (excludes halogenated alkanes) is 12. The van der Waals surface area contributed by atoms with Crippen molar-refractivity contribution in [3.63, 3.8) is 0 Å². The van der Waals surface area contributed by atoms with E-state index in [1.807, 2.05) is 21.1 Å². The average Bonchev–Trinajstić information content (AvgIpc) is 2.56. The third-order valence-corrected chi connectivity index (χ3v) is 4.52. The number of hydrogen-bond acceptors (Lipinski definition) is 2. The molecule has 0 amide bonds. The Labute approximate surface area is 163 Å². The number of nitrogens with zero attached hydrogens (tertiary/aromatic N) is 1. The monoisotopic (exact) mass is 368 g/mol. The lowest BCUT2D eigenvalue weighted by Gasteiger charge is -2.22. The number of rotatable bonds is 18. The molecule has 0 radical (unpaired) electrons. The first-order valence-corrected chi connectivity index (χ1v) is 11.1. The third kappa shape index (κ3) is 21.2. The molecule has 3 heteroatoms. The molecule has 26 heavy (non-hydrogen) atoms. The summed E-state index contributed by atoms with van der Waals surface area (Å²) in [6, 6.07) is 0. The van der Waals surface area contributed by atoms with Gasteiger partial charge in [0.05, 0.1) is 27.7 Å². The topological polar surface area (TPSA) is 26.3 Å². The van der Waals surface area contributed by atoms with Gasteiger partial charge in [0.2, 0.25) is 0 Å². The highest BCUT2D eigenvalue weighted by Gasteiger charge is 2.14. The number of allylic oxidation sites excluding steroid dienone is 2. The maximum absolute atomic E-state index is 11.6. The van der Waals surface area contributed by atoms with E-state index in [1.165, 1.54) is 83.5 Å². The molecule has 0 saturated heterocycles. The molecule has 3 nitrogen and oxygen atoms in total. The molecule has 0 aliphatic carbocycles. The largest absolute Gasteiger partial charge is 0.462 e. The SMILES string of the molecule is CCCCCCCC/C=C\CCCCCCCCOC(=O)C[N+](C)(C)C. The van der Waals surface area contributed by atoms with Crippen LogP contribution < -0.4 is 0 Å². The Morgan fingerprint density at radius 1 is 0.731 bits per heavy atom. The molecule has 0 saturated carbocycles. The zero-order chi connectivity index (χ0) is 19.5. The van der Waals surface area contributed by atoms with Crippen molar-refractivity contribution in [2.24, 2.45) is 0 Å². The highest BCUT2D eigenvalue weighted by molar-refractivity contribution is 5.70. The molecule has 0 bridgehead atoms. The van der Waals surface area contributed by atoms with E-state index in [0.717, 1.165) is 6.42 Å². The summed E-state index contributed by atoms with van der Waals surface area (Å²) in [7, 11) is 6.02. The summed E-state index contributed by atoms with van der Waals surface area (Å²) in [5, 5.41) is 0.